The van der Waals surface area contributed by atoms with Crippen molar-refractivity contribution in [2.24, 2.45) is 0 Å². The van der Waals surface area contributed by atoms with Crippen molar-refractivity contribution in [1.29, 1.82) is 5.26 Å². The van der Waals surface area contributed by atoms with E-state index in [-0.39, 0.29) is 16.5 Å². The molecule has 0 amide bonds. The number of benzene rings is 4. The molecule has 0 saturated heterocycles. The number of halogens is 3. The minimum Gasteiger partial charge on any atom is -0.206 e. The van der Waals surface area contributed by atoms with E-state index in [9.17, 15) is 13.2 Å². The van der Waals surface area contributed by atoms with E-state index in [1.165, 1.54) is 36.4 Å². The summed E-state index contributed by atoms with van der Waals surface area (Å²) in [5.41, 5.74) is 2.42. The lowest BCUT2D eigenvalue weighted by Crippen LogP contribution is -1.94. The van der Waals surface area contributed by atoms with E-state index >= 15 is 0 Å². The van der Waals surface area contributed by atoms with Crippen molar-refractivity contribution in [3.05, 3.63) is 95.3 Å². The number of aryl methyl sites for hydroxylation is 1. The van der Waals surface area contributed by atoms with Crippen LogP contribution in [-0.4, -0.2) is 0 Å². The molecular formula is C25H16F3N. The average Bonchev–Trinajstić information content (AvgIpc) is 2.73. The quantitative estimate of drug-likeness (QED) is 0.370. The Hall–Kier alpha value is -3.58. The molecule has 0 fully saturated rings. The molecule has 0 aliphatic heterocycles. The molecule has 0 aliphatic carbocycles. The predicted octanol–water partition coefficient (Wildman–Crippen LogP) is 7.03. The first-order chi connectivity index (χ1) is 14.0. The Morgan fingerprint density at radius 3 is 2.03 bits per heavy atom. The second kappa shape index (κ2) is 7.44. The Bertz CT molecular complexity index is 1240. The molecule has 4 rings (SSSR count). The summed E-state index contributed by atoms with van der Waals surface area (Å²) in [6.45, 7) is 2.04. The zero-order valence-electron chi connectivity index (χ0n) is 15.6. The van der Waals surface area contributed by atoms with Gasteiger partial charge >= 0.3 is 0 Å². The molecule has 4 aromatic rings. The maximum absolute atomic E-state index is 14.9. The van der Waals surface area contributed by atoms with Gasteiger partial charge in [0.1, 0.15) is 23.5 Å². The van der Waals surface area contributed by atoms with Crippen LogP contribution in [0, 0.1) is 28.8 Å². The monoisotopic (exact) mass is 387 g/mol. The molecule has 0 atom stereocenters. The van der Waals surface area contributed by atoms with Crippen LogP contribution in [0.2, 0.25) is 0 Å². The molecule has 0 heterocycles. The van der Waals surface area contributed by atoms with Crippen molar-refractivity contribution in [1.82, 2.24) is 0 Å². The van der Waals surface area contributed by atoms with E-state index in [0.717, 1.165) is 17.5 Å². The minimum absolute atomic E-state index is 0.0685. The lowest BCUT2D eigenvalue weighted by molar-refractivity contribution is 0.590. The maximum atomic E-state index is 14.9. The van der Waals surface area contributed by atoms with Crippen LogP contribution >= 0.6 is 0 Å². The fraction of sp³-hybridized carbons (Fsp3) is 0.0800. The van der Waals surface area contributed by atoms with Crippen molar-refractivity contribution in [3.63, 3.8) is 0 Å². The van der Waals surface area contributed by atoms with E-state index in [4.69, 9.17) is 5.26 Å². The highest BCUT2D eigenvalue weighted by Gasteiger charge is 2.16. The summed E-state index contributed by atoms with van der Waals surface area (Å²) in [7, 11) is 0. The molecule has 4 heteroatoms. The van der Waals surface area contributed by atoms with Gasteiger partial charge in [-0.2, -0.15) is 5.26 Å². The molecule has 0 bridgehead atoms. The molecule has 4 aromatic carbocycles. The van der Waals surface area contributed by atoms with Crippen molar-refractivity contribution in [2.75, 3.05) is 0 Å². The van der Waals surface area contributed by atoms with Gasteiger partial charge in [0.15, 0.2) is 0 Å². The summed E-state index contributed by atoms with van der Waals surface area (Å²) in [6.07, 6.45) is 0.889. The van der Waals surface area contributed by atoms with Crippen molar-refractivity contribution in [3.8, 4) is 28.3 Å². The van der Waals surface area contributed by atoms with Crippen LogP contribution in [0.1, 0.15) is 18.1 Å². The third kappa shape index (κ3) is 3.36. The third-order valence-corrected chi connectivity index (χ3v) is 5.10. The van der Waals surface area contributed by atoms with Gasteiger partial charge in [-0.1, -0.05) is 49.4 Å². The summed E-state index contributed by atoms with van der Waals surface area (Å²) in [6, 6.07) is 19.3. The lowest BCUT2D eigenvalue weighted by Gasteiger charge is -2.11. The predicted molar refractivity (Wildman–Crippen MR) is 109 cm³/mol. The first-order valence-corrected chi connectivity index (χ1v) is 9.23. The van der Waals surface area contributed by atoms with Crippen LogP contribution in [0.4, 0.5) is 13.2 Å². The molecule has 29 heavy (non-hydrogen) atoms. The second-order valence-corrected chi connectivity index (χ2v) is 6.84. The maximum Gasteiger partial charge on any atom is 0.148 e. The van der Waals surface area contributed by atoms with E-state index in [2.05, 4.69) is 0 Å². The van der Waals surface area contributed by atoms with Gasteiger partial charge in [-0.15, -0.1) is 0 Å². The van der Waals surface area contributed by atoms with Gasteiger partial charge in [-0.05, 0) is 58.3 Å². The van der Waals surface area contributed by atoms with Gasteiger partial charge < -0.3 is 0 Å². The van der Waals surface area contributed by atoms with E-state index < -0.39 is 17.5 Å². The zero-order valence-corrected chi connectivity index (χ0v) is 15.6. The second-order valence-electron chi connectivity index (χ2n) is 6.84. The normalized spacial score (nSPS) is 10.9. The number of hydrogen-bond acceptors (Lipinski definition) is 1. The molecule has 0 spiro atoms. The summed E-state index contributed by atoms with van der Waals surface area (Å²) in [5.74, 6) is -2.01. The number of rotatable bonds is 3. The van der Waals surface area contributed by atoms with Crippen LogP contribution in [0.5, 0.6) is 0 Å². The molecule has 0 aromatic heterocycles. The van der Waals surface area contributed by atoms with Crippen LogP contribution in [0.3, 0.4) is 0 Å². The molecule has 0 saturated carbocycles. The number of nitrogens with zero attached hydrogens (tertiary/aromatic N) is 1. The topological polar surface area (TPSA) is 23.8 Å². The molecule has 0 aliphatic rings. The fourth-order valence-electron chi connectivity index (χ4n) is 3.48. The largest absolute Gasteiger partial charge is 0.206 e. The molecule has 0 N–H and O–H groups in total. The molecule has 1 nitrogen and oxygen atoms in total. The summed E-state index contributed by atoms with van der Waals surface area (Å²) in [4.78, 5) is 0. The Morgan fingerprint density at radius 2 is 1.41 bits per heavy atom. The van der Waals surface area contributed by atoms with E-state index in [1.54, 1.807) is 12.1 Å². The zero-order chi connectivity index (χ0) is 20.5. The number of hydrogen-bond donors (Lipinski definition) is 0. The summed E-state index contributed by atoms with van der Waals surface area (Å²) in [5, 5.41) is 9.65. The van der Waals surface area contributed by atoms with Crippen molar-refractivity contribution in [2.45, 2.75) is 13.3 Å². The minimum atomic E-state index is -0.687. The summed E-state index contributed by atoms with van der Waals surface area (Å²) >= 11 is 0. The van der Waals surface area contributed by atoms with Gasteiger partial charge in [0, 0.05) is 5.39 Å². The van der Waals surface area contributed by atoms with Crippen molar-refractivity contribution < 1.29 is 13.2 Å². The third-order valence-electron chi connectivity index (χ3n) is 5.10. The Morgan fingerprint density at radius 1 is 0.759 bits per heavy atom. The van der Waals surface area contributed by atoms with Crippen LogP contribution in [0.15, 0.2) is 66.7 Å². The lowest BCUT2D eigenvalue weighted by atomic mass is 9.96. The van der Waals surface area contributed by atoms with Crippen LogP contribution in [0.25, 0.3) is 33.0 Å². The SMILES string of the molecule is CCc1ccc(-c2cc(F)c(-c3ccc4c(F)c(C#N)ccc4c3)c(F)c2)cc1. The van der Waals surface area contributed by atoms with E-state index in [0.29, 0.717) is 16.5 Å². The van der Waals surface area contributed by atoms with Gasteiger partial charge in [0.25, 0.3) is 0 Å². The molecule has 0 unspecified atom stereocenters. The number of fused-ring (bicyclic) bond motifs is 1. The van der Waals surface area contributed by atoms with Gasteiger partial charge in [0.2, 0.25) is 0 Å². The van der Waals surface area contributed by atoms with Gasteiger partial charge in [0.05, 0.1) is 11.1 Å². The van der Waals surface area contributed by atoms with Crippen LogP contribution in [-0.2, 0) is 6.42 Å². The molecular weight excluding hydrogens is 371 g/mol. The smallest absolute Gasteiger partial charge is 0.148 e. The summed E-state index contributed by atoms with van der Waals surface area (Å²) < 4.78 is 44.0. The van der Waals surface area contributed by atoms with Crippen molar-refractivity contribution >= 4 is 10.8 Å². The highest BCUT2D eigenvalue weighted by molar-refractivity contribution is 5.89. The number of nitriles is 1. The van der Waals surface area contributed by atoms with Gasteiger partial charge in [-0.3, -0.25) is 0 Å². The van der Waals surface area contributed by atoms with Gasteiger partial charge in [-0.25, -0.2) is 13.2 Å². The van der Waals surface area contributed by atoms with Crippen LogP contribution < -0.4 is 0 Å². The first kappa shape index (κ1) is 18.8. The average molecular weight is 387 g/mol. The molecule has 0 radical (unpaired) electrons. The Kier molecular flexibility index (Phi) is 4.82. The Balaban J connectivity index is 1.80. The highest BCUT2D eigenvalue weighted by Crippen LogP contribution is 2.33. The fourth-order valence-corrected chi connectivity index (χ4v) is 3.48. The Labute approximate surface area is 166 Å². The first-order valence-electron chi connectivity index (χ1n) is 9.23. The standard InChI is InChI=1S/C25H16F3N/c1-2-15-3-5-16(6-4-15)20-12-22(26)24(23(27)13-20)18-9-10-21-17(11-18)7-8-19(14-29)25(21)28/h3-13H,2H2,1H3. The molecule has 142 valence electrons. The highest BCUT2D eigenvalue weighted by atomic mass is 19.1. The van der Waals surface area contributed by atoms with E-state index in [1.807, 2.05) is 31.2 Å².